The van der Waals surface area contributed by atoms with Gasteiger partial charge in [-0.2, -0.15) is 0 Å². The predicted molar refractivity (Wildman–Crippen MR) is 106 cm³/mol. The summed E-state index contributed by atoms with van der Waals surface area (Å²) in [4.78, 5) is 61.0. The van der Waals surface area contributed by atoms with Gasteiger partial charge in [0.25, 0.3) is 5.91 Å². The summed E-state index contributed by atoms with van der Waals surface area (Å²) >= 11 is 0. The summed E-state index contributed by atoms with van der Waals surface area (Å²) < 4.78 is 9.96. The third kappa shape index (κ3) is 5.19. The lowest BCUT2D eigenvalue weighted by Crippen LogP contribution is -2.52. The van der Waals surface area contributed by atoms with Crippen LogP contribution in [0.25, 0.3) is 0 Å². The molecule has 1 aromatic carbocycles. The number of esters is 1. The highest BCUT2D eigenvalue weighted by molar-refractivity contribution is 6.05. The molecule has 3 rings (SSSR count). The first-order valence-corrected chi connectivity index (χ1v) is 10.1. The Morgan fingerprint density at radius 2 is 1.94 bits per heavy atom. The molecule has 1 aromatic rings. The van der Waals surface area contributed by atoms with E-state index in [1.807, 2.05) is 0 Å². The number of carbonyl (C=O) groups is 5. The Bertz CT molecular complexity index is 928. The molecule has 0 radical (unpaired) electrons. The van der Waals surface area contributed by atoms with Gasteiger partial charge in [-0.05, 0) is 23.6 Å². The average molecular weight is 431 g/mol. The Morgan fingerprint density at radius 3 is 2.61 bits per heavy atom. The summed E-state index contributed by atoms with van der Waals surface area (Å²) in [5.74, 6) is -1.86. The molecular formula is C21H25N3O7. The summed E-state index contributed by atoms with van der Waals surface area (Å²) in [6, 6.07) is 4.46. The van der Waals surface area contributed by atoms with Crippen molar-refractivity contribution < 1.29 is 33.4 Å². The molecule has 166 valence electrons. The van der Waals surface area contributed by atoms with Gasteiger partial charge >= 0.3 is 12.1 Å². The fourth-order valence-electron chi connectivity index (χ4n) is 3.43. The van der Waals surface area contributed by atoms with E-state index in [1.54, 1.807) is 32.0 Å². The van der Waals surface area contributed by atoms with Crippen molar-refractivity contribution >= 4 is 29.8 Å². The summed E-state index contributed by atoms with van der Waals surface area (Å²) in [5, 5.41) is 4.84. The zero-order valence-corrected chi connectivity index (χ0v) is 17.6. The molecule has 0 saturated carbocycles. The van der Waals surface area contributed by atoms with Crippen molar-refractivity contribution in [2.45, 2.75) is 59.0 Å². The van der Waals surface area contributed by atoms with Gasteiger partial charge in [-0.15, -0.1) is 0 Å². The zero-order valence-electron chi connectivity index (χ0n) is 17.6. The second-order valence-electron chi connectivity index (χ2n) is 7.81. The topological polar surface area (TPSA) is 131 Å². The summed E-state index contributed by atoms with van der Waals surface area (Å²) in [7, 11) is 0. The lowest BCUT2D eigenvalue weighted by molar-refractivity contribution is -0.168. The lowest BCUT2D eigenvalue weighted by Gasteiger charge is -2.29. The minimum Gasteiger partial charge on any atom is -0.425 e. The number of imide groups is 1. The molecule has 0 bridgehead atoms. The molecule has 2 N–H and O–H groups in total. The number of benzene rings is 1. The number of nitrogens with one attached hydrogen (secondary N) is 2. The third-order valence-corrected chi connectivity index (χ3v) is 5.05. The van der Waals surface area contributed by atoms with Gasteiger partial charge in [-0.25, -0.2) is 4.79 Å². The van der Waals surface area contributed by atoms with E-state index in [9.17, 15) is 24.0 Å². The fourth-order valence-corrected chi connectivity index (χ4v) is 3.43. The Kier molecular flexibility index (Phi) is 6.57. The zero-order chi connectivity index (χ0) is 22.7. The normalized spacial score (nSPS) is 19.0. The number of hydrogen-bond donors (Lipinski definition) is 2. The number of fused-ring (bicyclic) bond motifs is 1. The Morgan fingerprint density at radius 1 is 1.19 bits per heavy atom. The Hall–Kier alpha value is -3.43. The molecule has 0 aromatic heterocycles. The molecule has 2 aliphatic heterocycles. The minimum atomic E-state index is -1.02. The van der Waals surface area contributed by atoms with Gasteiger partial charge in [0, 0.05) is 32.0 Å². The molecule has 1 saturated heterocycles. The molecule has 1 fully saturated rings. The summed E-state index contributed by atoms with van der Waals surface area (Å²) in [5.41, 5.74) is 1.97. The van der Waals surface area contributed by atoms with Crippen molar-refractivity contribution in [1.82, 2.24) is 15.5 Å². The minimum absolute atomic E-state index is 0.142. The maximum absolute atomic E-state index is 12.7. The van der Waals surface area contributed by atoms with Gasteiger partial charge in [0.05, 0.1) is 5.92 Å². The molecule has 2 atom stereocenters. The van der Waals surface area contributed by atoms with E-state index in [2.05, 4.69) is 10.6 Å². The van der Waals surface area contributed by atoms with E-state index >= 15 is 0 Å². The average Bonchev–Trinajstić information content (AvgIpc) is 3.02. The monoisotopic (exact) mass is 431 g/mol. The van der Waals surface area contributed by atoms with Crippen LogP contribution in [0.5, 0.6) is 0 Å². The van der Waals surface area contributed by atoms with E-state index in [4.69, 9.17) is 9.47 Å². The molecular weight excluding hydrogens is 406 g/mol. The SMILES string of the molecule is CC(OC(=O)NCc1ccc2c(c1)CN(C1CCC(=O)NC1=O)C2=O)OC(=O)C(C)C. The fraction of sp³-hybridized carbons (Fsp3) is 0.476. The Balaban J connectivity index is 1.56. The molecule has 0 spiro atoms. The van der Waals surface area contributed by atoms with Crippen LogP contribution in [0, 0.1) is 5.92 Å². The molecule has 0 aliphatic carbocycles. The van der Waals surface area contributed by atoms with Gasteiger partial charge in [-0.3, -0.25) is 24.5 Å². The van der Waals surface area contributed by atoms with E-state index in [0.29, 0.717) is 12.0 Å². The number of amides is 4. The summed E-state index contributed by atoms with van der Waals surface area (Å²) in [6.45, 7) is 5.19. The van der Waals surface area contributed by atoms with Crippen LogP contribution in [-0.2, 0) is 36.9 Å². The van der Waals surface area contributed by atoms with Crippen LogP contribution in [0.3, 0.4) is 0 Å². The van der Waals surface area contributed by atoms with Crippen LogP contribution in [0.2, 0.25) is 0 Å². The standard InChI is InChI=1S/C21H25N3O7/c1-11(2)20(28)30-12(3)31-21(29)22-9-13-4-5-15-14(8-13)10-24(19(15)27)16-6-7-17(25)23-18(16)26/h4-5,8,11-12,16H,6-7,9-10H2,1-3H3,(H,22,29)(H,23,25,26). The van der Waals surface area contributed by atoms with Crippen LogP contribution in [-0.4, -0.2) is 47.0 Å². The Labute approximate surface area is 179 Å². The van der Waals surface area contributed by atoms with Crippen molar-refractivity contribution in [1.29, 1.82) is 0 Å². The molecule has 2 heterocycles. The van der Waals surface area contributed by atoms with E-state index < -0.39 is 30.3 Å². The van der Waals surface area contributed by atoms with Gasteiger partial charge in [0.15, 0.2) is 0 Å². The molecule has 10 nitrogen and oxygen atoms in total. The molecule has 4 amide bonds. The van der Waals surface area contributed by atoms with Crippen LogP contribution >= 0.6 is 0 Å². The van der Waals surface area contributed by atoms with Gasteiger partial charge < -0.3 is 19.7 Å². The number of ether oxygens (including phenoxy) is 2. The molecule has 31 heavy (non-hydrogen) atoms. The van der Waals surface area contributed by atoms with Gasteiger partial charge in [-0.1, -0.05) is 26.0 Å². The first kappa shape index (κ1) is 22.3. The van der Waals surface area contributed by atoms with Crippen molar-refractivity contribution in [3.8, 4) is 0 Å². The number of rotatable bonds is 6. The second-order valence-corrected chi connectivity index (χ2v) is 7.81. The van der Waals surface area contributed by atoms with E-state index in [-0.39, 0.29) is 37.2 Å². The summed E-state index contributed by atoms with van der Waals surface area (Å²) in [6.07, 6.45) is -1.27. The molecule has 2 unspecified atom stereocenters. The lowest BCUT2D eigenvalue weighted by atomic mass is 10.0. The smallest absolute Gasteiger partial charge is 0.410 e. The maximum atomic E-state index is 12.7. The first-order valence-electron chi connectivity index (χ1n) is 10.1. The highest BCUT2D eigenvalue weighted by atomic mass is 16.7. The van der Waals surface area contributed by atoms with E-state index in [1.165, 1.54) is 11.8 Å². The molecule has 10 heteroatoms. The van der Waals surface area contributed by atoms with Crippen molar-refractivity contribution in [2.24, 2.45) is 5.92 Å². The van der Waals surface area contributed by atoms with E-state index in [0.717, 1.165) is 11.1 Å². The predicted octanol–water partition coefficient (Wildman–Crippen LogP) is 1.22. The third-order valence-electron chi connectivity index (χ3n) is 5.05. The van der Waals surface area contributed by atoms with Crippen molar-refractivity contribution in [3.05, 3.63) is 34.9 Å². The number of alkyl carbamates (subject to hydrolysis) is 1. The maximum Gasteiger partial charge on any atom is 0.410 e. The van der Waals surface area contributed by atoms with Crippen LogP contribution in [0.15, 0.2) is 18.2 Å². The van der Waals surface area contributed by atoms with Crippen molar-refractivity contribution in [2.75, 3.05) is 0 Å². The van der Waals surface area contributed by atoms with Gasteiger partial charge in [0.1, 0.15) is 6.04 Å². The molecule has 2 aliphatic rings. The highest BCUT2D eigenvalue weighted by Crippen LogP contribution is 2.28. The first-order chi connectivity index (χ1) is 14.7. The second kappa shape index (κ2) is 9.15. The van der Waals surface area contributed by atoms with Crippen LogP contribution in [0.4, 0.5) is 4.79 Å². The van der Waals surface area contributed by atoms with Crippen LogP contribution in [0.1, 0.15) is 55.1 Å². The number of piperidine rings is 1. The highest BCUT2D eigenvalue weighted by Gasteiger charge is 2.39. The quantitative estimate of drug-likeness (QED) is 0.393. The van der Waals surface area contributed by atoms with Crippen molar-refractivity contribution in [3.63, 3.8) is 0 Å². The van der Waals surface area contributed by atoms with Crippen LogP contribution < -0.4 is 10.6 Å². The number of carbonyl (C=O) groups excluding carboxylic acids is 5. The number of hydrogen-bond acceptors (Lipinski definition) is 7. The largest absolute Gasteiger partial charge is 0.425 e. The van der Waals surface area contributed by atoms with Gasteiger partial charge in [0.2, 0.25) is 18.1 Å². The number of nitrogens with zero attached hydrogens (tertiary/aromatic N) is 1.